The van der Waals surface area contributed by atoms with Crippen LogP contribution in [0.5, 0.6) is 0 Å². The van der Waals surface area contributed by atoms with E-state index in [2.05, 4.69) is 53.2 Å². The third-order valence-electron chi connectivity index (χ3n) is 7.12. The summed E-state index contributed by atoms with van der Waals surface area (Å²) in [5.41, 5.74) is 5.25. The van der Waals surface area contributed by atoms with Gasteiger partial charge in [0, 0.05) is 37.3 Å². The second kappa shape index (κ2) is 7.40. The molecule has 158 valence electrons. The predicted molar refractivity (Wildman–Crippen MR) is 119 cm³/mol. The van der Waals surface area contributed by atoms with Gasteiger partial charge in [-0.05, 0) is 41.7 Å². The van der Waals surface area contributed by atoms with E-state index >= 15 is 0 Å². The molecule has 3 heterocycles. The summed E-state index contributed by atoms with van der Waals surface area (Å²) in [5, 5.41) is 14.3. The normalized spacial score (nSPS) is 24.9. The molecule has 0 saturated carbocycles. The van der Waals surface area contributed by atoms with E-state index in [-0.39, 0.29) is 17.3 Å². The highest BCUT2D eigenvalue weighted by molar-refractivity contribution is 5.63. The Morgan fingerprint density at radius 2 is 1.97 bits per heavy atom. The van der Waals surface area contributed by atoms with E-state index in [9.17, 15) is 9.50 Å². The number of rotatable bonds is 4. The van der Waals surface area contributed by atoms with Crippen LogP contribution in [0.3, 0.4) is 0 Å². The number of aliphatic hydroxyl groups excluding tert-OH is 1. The van der Waals surface area contributed by atoms with Crippen molar-refractivity contribution in [3.8, 4) is 0 Å². The molecule has 2 aromatic carbocycles. The molecule has 0 aliphatic carbocycles. The number of anilines is 2. The molecule has 0 bridgehead atoms. The second-order valence-electron chi connectivity index (χ2n) is 9.31. The number of hydrogen-bond donors (Lipinski definition) is 2. The number of fused-ring (bicyclic) bond motifs is 2. The van der Waals surface area contributed by atoms with Gasteiger partial charge in [0.1, 0.15) is 12.0 Å². The number of benzene rings is 2. The molecule has 2 N–H and O–H groups in total. The molecule has 5 rings (SSSR count). The van der Waals surface area contributed by atoms with Crippen molar-refractivity contribution >= 4 is 11.4 Å². The molecule has 2 aromatic rings. The first kappa shape index (κ1) is 19.6. The summed E-state index contributed by atoms with van der Waals surface area (Å²) in [5.74, 6) is -0.152. The van der Waals surface area contributed by atoms with E-state index in [1.807, 2.05) is 12.1 Å². The zero-order chi connectivity index (χ0) is 20.9. The minimum atomic E-state index is -0.498. The monoisotopic (exact) mass is 407 g/mol. The third-order valence-corrected chi connectivity index (χ3v) is 7.12. The van der Waals surface area contributed by atoms with Crippen LogP contribution in [-0.4, -0.2) is 48.5 Å². The molecule has 5 heteroatoms. The highest BCUT2D eigenvalue weighted by atomic mass is 19.1. The lowest BCUT2D eigenvalue weighted by molar-refractivity contribution is 0.106. The molecule has 30 heavy (non-hydrogen) atoms. The van der Waals surface area contributed by atoms with Crippen LogP contribution < -0.4 is 10.2 Å². The topological polar surface area (TPSA) is 38.7 Å². The van der Waals surface area contributed by atoms with Crippen molar-refractivity contribution in [1.82, 2.24) is 4.90 Å². The van der Waals surface area contributed by atoms with Gasteiger partial charge in [-0.2, -0.15) is 0 Å². The Bertz CT molecular complexity index is 986. The summed E-state index contributed by atoms with van der Waals surface area (Å²) < 4.78 is 14.0. The van der Waals surface area contributed by atoms with Crippen LogP contribution in [0.2, 0.25) is 0 Å². The van der Waals surface area contributed by atoms with Gasteiger partial charge >= 0.3 is 0 Å². The van der Waals surface area contributed by atoms with Crippen molar-refractivity contribution in [2.75, 3.05) is 36.4 Å². The summed E-state index contributed by atoms with van der Waals surface area (Å²) >= 11 is 0. The lowest BCUT2D eigenvalue weighted by Gasteiger charge is -2.33. The minimum Gasteiger partial charge on any atom is -0.376 e. The number of nitrogens with one attached hydrogen (secondary N) is 1. The first-order valence-corrected chi connectivity index (χ1v) is 10.9. The molecule has 0 spiro atoms. The maximum Gasteiger partial charge on any atom is 0.146 e. The summed E-state index contributed by atoms with van der Waals surface area (Å²) in [6.07, 6.45) is 3.67. The van der Waals surface area contributed by atoms with Gasteiger partial charge < -0.3 is 15.3 Å². The van der Waals surface area contributed by atoms with Gasteiger partial charge in [0.2, 0.25) is 0 Å². The fourth-order valence-corrected chi connectivity index (χ4v) is 5.24. The molecular formula is C25H30FN3O. The average Bonchev–Trinajstić information content (AvgIpc) is 3.27. The second-order valence-corrected chi connectivity index (χ2v) is 9.31. The summed E-state index contributed by atoms with van der Waals surface area (Å²) in [7, 11) is 0. The summed E-state index contributed by atoms with van der Waals surface area (Å²) in [6, 6.07) is 13.9. The van der Waals surface area contributed by atoms with E-state index in [4.69, 9.17) is 0 Å². The van der Waals surface area contributed by atoms with Crippen molar-refractivity contribution in [2.45, 2.75) is 44.4 Å². The molecule has 2 unspecified atom stereocenters. The van der Waals surface area contributed by atoms with E-state index in [1.54, 1.807) is 6.07 Å². The Morgan fingerprint density at radius 1 is 1.13 bits per heavy atom. The SMILES string of the molecule is CC1(C)c2ccccc2N(CCN2CC=C(C3Cc4cccc(F)c4N3)CC2)C1O. The van der Waals surface area contributed by atoms with Gasteiger partial charge in [-0.15, -0.1) is 0 Å². The van der Waals surface area contributed by atoms with Crippen LogP contribution in [0.15, 0.2) is 54.1 Å². The number of aliphatic hydroxyl groups is 1. The maximum atomic E-state index is 14.0. The van der Waals surface area contributed by atoms with E-state index in [0.717, 1.165) is 50.3 Å². The Hall–Kier alpha value is -2.37. The Morgan fingerprint density at radius 3 is 2.73 bits per heavy atom. The van der Waals surface area contributed by atoms with Gasteiger partial charge in [0.15, 0.2) is 0 Å². The Kier molecular flexibility index (Phi) is 4.83. The van der Waals surface area contributed by atoms with Gasteiger partial charge in [-0.1, -0.05) is 50.3 Å². The van der Waals surface area contributed by atoms with E-state index < -0.39 is 6.23 Å². The molecule has 0 radical (unpaired) electrons. The molecule has 0 aromatic heterocycles. The van der Waals surface area contributed by atoms with Crippen LogP contribution in [0, 0.1) is 5.82 Å². The summed E-state index contributed by atoms with van der Waals surface area (Å²) in [6.45, 7) is 7.85. The lowest BCUT2D eigenvalue weighted by atomic mass is 9.85. The van der Waals surface area contributed by atoms with Gasteiger partial charge in [0.05, 0.1) is 11.7 Å². The van der Waals surface area contributed by atoms with Crippen LogP contribution in [0.1, 0.15) is 31.4 Å². The maximum absolute atomic E-state index is 14.0. The molecular weight excluding hydrogens is 377 g/mol. The third kappa shape index (κ3) is 3.21. The van der Waals surface area contributed by atoms with Crippen molar-refractivity contribution in [3.05, 3.63) is 71.1 Å². The molecule has 0 fully saturated rings. The number of halogens is 1. The smallest absolute Gasteiger partial charge is 0.146 e. The van der Waals surface area contributed by atoms with Crippen LogP contribution >= 0.6 is 0 Å². The predicted octanol–water partition coefficient (Wildman–Crippen LogP) is 3.91. The summed E-state index contributed by atoms with van der Waals surface area (Å²) in [4.78, 5) is 4.58. The van der Waals surface area contributed by atoms with Crippen LogP contribution in [0.25, 0.3) is 0 Å². The van der Waals surface area contributed by atoms with Crippen molar-refractivity contribution in [3.63, 3.8) is 0 Å². The Labute approximate surface area is 178 Å². The first-order valence-electron chi connectivity index (χ1n) is 10.9. The standard InChI is InChI=1S/C25H30FN3O/c1-25(2)19-7-3-4-9-22(19)29(24(25)30)15-14-28-12-10-17(11-13-28)21-16-18-6-5-8-20(26)23(18)27-21/h3-10,21,24,27,30H,11-16H2,1-2H3. The zero-order valence-electron chi connectivity index (χ0n) is 17.7. The fraction of sp³-hybridized carbons (Fsp3) is 0.440. The van der Waals surface area contributed by atoms with Crippen LogP contribution in [-0.2, 0) is 11.8 Å². The highest BCUT2D eigenvalue weighted by Crippen LogP contribution is 2.43. The van der Waals surface area contributed by atoms with Crippen molar-refractivity contribution in [1.29, 1.82) is 0 Å². The molecule has 0 saturated heterocycles. The van der Waals surface area contributed by atoms with Gasteiger partial charge in [-0.25, -0.2) is 4.39 Å². The Balaban J connectivity index is 1.20. The molecule has 2 atom stereocenters. The molecule has 4 nitrogen and oxygen atoms in total. The van der Waals surface area contributed by atoms with Crippen molar-refractivity contribution < 1.29 is 9.50 Å². The minimum absolute atomic E-state index is 0.152. The van der Waals surface area contributed by atoms with Gasteiger partial charge in [-0.3, -0.25) is 4.90 Å². The zero-order valence-corrected chi connectivity index (χ0v) is 17.7. The highest BCUT2D eigenvalue weighted by Gasteiger charge is 2.43. The first-order chi connectivity index (χ1) is 14.4. The van der Waals surface area contributed by atoms with E-state index in [0.29, 0.717) is 5.69 Å². The molecule has 3 aliphatic rings. The van der Waals surface area contributed by atoms with Gasteiger partial charge in [0.25, 0.3) is 0 Å². The number of nitrogens with zero attached hydrogens (tertiary/aromatic N) is 2. The number of para-hydroxylation sites is 2. The van der Waals surface area contributed by atoms with E-state index in [1.165, 1.54) is 17.2 Å². The quantitative estimate of drug-likeness (QED) is 0.754. The molecule has 0 amide bonds. The largest absolute Gasteiger partial charge is 0.376 e. The lowest BCUT2D eigenvalue weighted by Crippen LogP contribution is -2.45. The number of hydrogen-bond acceptors (Lipinski definition) is 4. The van der Waals surface area contributed by atoms with Crippen molar-refractivity contribution in [2.24, 2.45) is 0 Å². The van der Waals surface area contributed by atoms with Crippen LogP contribution in [0.4, 0.5) is 15.8 Å². The average molecular weight is 408 g/mol. The molecule has 3 aliphatic heterocycles. The fourth-order valence-electron chi connectivity index (χ4n) is 5.24.